The molecule has 4 nitrogen and oxygen atoms in total. The Morgan fingerprint density at radius 2 is 1.84 bits per heavy atom. The highest BCUT2D eigenvalue weighted by molar-refractivity contribution is 5.75. The van der Waals surface area contributed by atoms with Gasteiger partial charge in [0.25, 0.3) is 0 Å². The van der Waals surface area contributed by atoms with E-state index in [1.807, 2.05) is 0 Å². The van der Waals surface area contributed by atoms with Gasteiger partial charge in [0.1, 0.15) is 6.10 Å². The van der Waals surface area contributed by atoms with E-state index < -0.39 is 0 Å². The summed E-state index contributed by atoms with van der Waals surface area (Å²) in [7, 11) is 0. The average molecular weight is 346 g/mol. The number of fused-ring (bicyclic) bond motifs is 4. The maximum atomic E-state index is 12.6. The average Bonchev–Trinajstić information content (AvgIpc) is 3.37. The van der Waals surface area contributed by atoms with Crippen LogP contribution in [0.4, 0.5) is 0 Å². The Morgan fingerprint density at radius 3 is 2.52 bits per heavy atom. The highest BCUT2D eigenvalue weighted by atomic mass is 16.5. The number of carbonyl (C=O) groups excluding carboxylic acids is 2. The predicted molar refractivity (Wildman–Crippen MR) is 93.5 cm³/mol. The summed E-state index contributed by atoms with van der Waals surface area (Å²) in [6.07, 6.45) is 12.5. The molecule has 0 radical (unpaired) electrons. The van der Waals surface area contributed by atoms with Crippen LogP contribution >= 0.6 is 0 Å². The van der Waals surface area contributed by atoms with E-state index in [2.05, 4.69) is 19.1 Å². The number of hydrogen-bond donors (Lipinski definition) is 0. The van der Waals surface area contributed by atoms with Crippen molar-refractivity contribution < 1.29 is 19.1 Å². The zero-order chi connectivity index (χ0) is 17.4. The van der Waals surface area contributed by atoms with Crippen LogP contribution < -0.4 is 0 Å². The lowest BCUT2D eigenvalue weighted by molar-refractivity contribution is -0.164. The van der Waals surface area contributed by atoms with Crippen molar-refractivity contribution in [3.05, 3.63) is 12.2 Å². The zero-order valence-corrected chi connectivity index (χ0v) is 15.2. The molecule has 0 N–H and O–H groups in total. The molecular formula is C21H30O4. The molecule has 138 valence electrons. The minimum atomic E-state index is -0.0671. The molecule has 0 aromatic carbocycles. The molecule has 3 fully saturated rings. The second-order valence-electron chi connectivity index (χ2n) is 8.58. The first-order chi connectivity index (χ1) is 12.2. The fourth-order valence-electron chi connectivity index (χ4n) is 5.61. The largest absolute Gasteiger partial charge is 0.465 e. The van der Waals surface area contributed by atoms with E-state index >= 15 is 0 Å². The van der Waals surface area contributed by atoms with E-state index in [0.717, 1.165) is 51.4 Å². The number of allylic oxidation sites excluding steroid dienone is 2. The van der Waals surface area contributed by atoms with Crippen molar-refractivity contribution in [3.63, 3.8) is 0 Å². The van der Waals surface area contributed by atoms with Crippen LogP contribution in [0, 0.1) is 35.5 Å². The Balaban J connectivity index is 1.29. The summed E-state index contributed by atoms with van der Waals surface area (Å²) < 4.78 is 11.4. The van der Waals surface area contributed by atoms with Gasteiger partial charge in [-0.15, -0.1) is 0 Å². The molecule has 4 rings (SSSR count). The minimum absolute atomic E-state index is 0.0236. The Morgan fingerprint density at radius 1 is 0.960 bits per heavy atom. The summed E-state index contributed by atoms with van der Waals surface area (Å²) in [6, 6.07) is 0. The highest BCUT2D eigenvalue weighted by Gasteiger charge is 2.52. The number of hydrogen-bond acceptors (Lipinski definition) is 4. The van der Waals surface area contributed by atoms with Crippen molar-refractivity contribution in [2.45, 2.75) is 64.4 Å². The summed E-state index contributed by atoms with van der Waals surface area (Å²) in [5.74, 6) is 1.57. The van der Waals surface area contributed by atoms with Crippen LogP contribution in [0.2, 0.25) is 0 Å². The number of esters is 2. The van der Waals surface area contributed by atoms with Gasteiger partial charge in [-0.05, 0) is 56.3 Å². The summed E-state index contributed by atoms with van der Waals surface area (Å²) in [4.78, 5) is 25.0. The second kappa shape index (κ2) is 7.13. The molecule has 0 spiro atoms. The van der Waals surface area contributed by atoms with Crippen LogP contribution in [-0.2, 0) is 19.1 Å². The number of ether oxygens (including phenoxy) is 2. The molecule has 4 aliphatic carbocycles. The lowest BCUT2D eigenvalue weighted by Gasteiger charge is -2.29. The van der Waals surface area contributed by atoms with Crippen molar-refractivity contribution in [1.29, 1.82) is 0 Å². The summed E-state index contributed by atoms with van der Waals surface area (Å²) in [5.41, 5.74) is 0. The molecule has 0 aliphatic heterocycles. The van der Waals surface area contributed by atoms with Gasteiger partial charge in [-0.25, -0.2) is 0 Å². The van der Waals surface area contributed by atoms with Gasteiger partial charge in [0, 0.05) is 5.92 Å². The SMILES string of the molecule is CCCCCOC(=O)C1CC2CC(OC(=O)C3CC4C=CC3C4)C1C2. The molecular weight excluding hydrogens is 316 g/mol. The number of rotatable bonds is 7. The molecule has 0 amide bonds. The van der Waals surface area contributed by atoms with E-state index in [0.29, 0.717) is 24.4 Å². The molecule has 0 saturated heterocycles. The first kappa shape index (κ1) is 17.1. The van der Waals surface area contributed by atoms with Crippen LogP contribution in [0.5, 0.6) is 0 Å². The fourth-order valence-corrected chi connectivity index (χ4v) is 5.61. The van der Waals surface area contributed by atoms with Gasteiger partial charge >= 0.3 is 11.9 Å². The number of carbonyl (C=O) groups is 2. The standard InChI is InChI=1S/C21H30O4/c1-2-3-4-7-24-20(22)18-11-14-10-17(18)19(12-14)25-21(23)16-9-13-5-6-15(16)8-13/h5-6,13-19H,2-4,7-12H2,1H3. The van der Waals surface area contributed by atoms with Gasteiger partial charge in [-0.2, -0.15) is 0 Å². The van der Waals surface area contributed by atoms with Crippen LogP contribution in [0.15, 0.2) is 12.2 Å². The Labute approximate surface area is 150 Å². The van der Waals surface area contributed by atoms with Crippen molar-refractivity contribution in [1.82, 2.24) is 0 Å². The minimum Gasteiger partial charge on any atom is -0.465 e. The summed E-state index contributed by atoms with van der Waals surface area (Å²) in [5, 5.41) is 0. The molecule has 0 aromatic heterocycles. The molecule has 4 heteroatoms. The third kappa shape index (κ3) is 3.37. The molecule has 0 aromatic rings. The van der Waals surface area contributed by atoms with Gasteiger partial charge < -0.3 is 9.47 Å². The normalized spacial score (nSPS) is 40.6. The Bertz CT molecular complexity index is 554. The maximum absolute atomic E-state index is 12.6. The van der Waals surface area contributed by atoms with Crippen molar-refractivity contribution in [2.24, 2.45) is 35.5 Å². The molecule has 7 unspecified atom stereocenters. The number of unbranched alkanes of at least 4 members (excludes halogenated alkanes) is 2. The maximum Gasteiger partial charge on any atom is 0.309 e. The van der Waals surface area contributed by atoms with E-state index in [1.54, 1.807) is 0 Å². The highest BCUT2D eigenvalue weighted by Crippen LogP contribution is 2.51. The van der Waals surface area contributed by atoms with E-state index in [1.165, 1.54) is 0 Å². The first-order valence-electron chi connectivity index (χ1n) is 10.2. The molecule has 7 atom stereocenters. The Kier molecular flexibility index (Phi) is 4.88. The van der Waals surface area contributed by atoms with E-state index in [4.69, 9.17) is 9.47 Å². The lowest BCUT2D eigenvalue weighted by atomic mass is 9.86. The van der Waals surface area contributed by atoms with Crippen molar-refractivity contribution in [3.8, 4) is 0 Å². The Hall–Kier alpha value is -1.32. The van der Waals surface area contributed by atoms with Gasteiger partial charge in [0.05, 0.1) is 18.4 Å². The topological polar surface area (TPSA) is 52.6 Å². The molecule has 25 heavy (non-hydrogen) atoms. The van der Waals surface area contributed by atoms with Gasteiger partial charge in [0.2, 0.25) is 0 Å². The van der Waals surface area contributed by atoms with E-state index in [-0.39, 0.29) is 35.8 Å². The lowest BCUT2D eigenvalue weighted by Crippen LogP contribution is -2.36. The monoisotopic (exact) mass is 346 g/mol. The molecule has 4 aliphatic rings. The fraction of sp³-hybridized carbons (Fsp3) is 0.810. The zero-order valence-electron chi connectivity index (χ0n) is 15.2. The van der Waals surface area contributed by atoms with Crippen LogP contribution in [0.1, 0.15) is 58.3 Å². The van der Waals surface area contributed by atoms with Gasteiger partial charge in [-0.3, -0.25) is 9.59 Å². The quantitative estimate of drug-likeness (QED) is 0.399. The van der Waals surface area contributed by atoms with Gasteiger partial charge in [0.15, 0.2) is 0 Å². The second-order valence-corrected chi connectivity index (χ2v) is 8.58. The first-order valence-corrected chi connectivity index (χ1v) is 10.2. The van der Waals surface area contributed by atoms with Crippen LogP contribution in [0.3, 0.4) is 0 Å². The van der Waals surface area contributed by atoms with Crippen molar-refractivity contribution >= 4 is 11.9 Å². The predicted octanol–water partition coefficient (Wildman–Crippen LogP) is 3.89. The van der Waals surface area contributed by atoms with Crippen molar-refractivity contribution in [2.75, 3.05) is 6.61 Å². The molecule has 4 bridgehead atoms. The molecule has 3 saturated carbocycles. The van der Waals surface area contributed by atoms with Crippen LogP contribution in [-0.4, -0.2) is 24.6 Å². The van der Waals surface area contributed by atoms with E-state index in [9.17, 15) is 9.59 Å². The molecule has 0 heterocycles. The third-order valence-electron chi connectivity index (χ3n) is 6.90. The summed E-state index contributed by atoms with van der Waals surface area (Å²) >= 11 is 0. The summed E-state index contributed by atoms with van der Waals surface area (Å²) in [6.45, 7) is 2.67. The van der Waals surface area contributed by atoms with Crippen LogP contribution in [0.25, 0.3) is 0 Å². The van der Waals surface area contributed by atoms with Gasteiger partial charge in [-0.1, -0.05) is 31.9 Å². The smallest absolute Gasteiger partial charge is 0.309 e. The third-order valence-corrected chi connectivity index (χ3v) is 6.90.